The zero-order valence-corrected chi connectivity index (χ0v) is 20.2. The quantitative estimate of drug-likeness (QED) is 0.330. The minimum Gasteiger partial charge on any atom is -0.465 e. The Morgan fingerprint density at radius 1 is 1.22 bits per heavy atom. The maximum atomic E-state index is 12.8. The van der Waals surface area contributed by atoms with Gasteiger partial charge in [-0.15, -0.1) is 28.1 Å². The zero-order valence-electron chi connectivity index (χ0n) is 18.5. The number of nitrogens with one attached hydrogen (secondary N) is 1. The molecule has 0 atom stereocenters. The van der Waals surface area contributed by atoms with Crippen LogP contribution >= 0.6 is 23.1 Å². The first kappa shape index (κ1) is 23.0. The minimum absolute atomic E-state index is 0.161. The molecule has 0 aromatic carbocycles. The van der Waals surface area contributed by atoms with Crippen LogP contribution in [0.15, 0.2) is 17.8 Å². The van der Waals surface area contributed by atoms with E-state index in [0.717, 1.165) is 55.1 Å². The predicted octanol–water partition coefficient (Wildman–Crippen LogP) is 4.97. The first-order valence-electron chi connectivity index (χ1n) is 11.3. The van der Waals surface area contributed by atoms with E-state index in [9.17, 15) is 9.59 Å². The number of thioether (sulfide) groups is 1. The summed E-state index contributed by atoms with van der Waals surface area (Å²) in [5, 5.41) is 13.1. The SMILES string of the molecule is C=CCn1c(SCC(=O)Nc2sc3c(c2C(=O)OC)CCCC3)nnc1C1CCCCC1. The number of aromatic nitrogens is 3. The highest BCUT2D eigenvalue weighted by molar-refractivity contribution is 7.99. The summed E-state index contributed by atoms with van der Waals surface area (Å²) in [5.41, 5.74) is 1.57. The zero-order chi connectivity index (χ0) is 22.5. The number of nitrogens with zero attached hydrogens (tertiary/aromatic N) is 3. The Morgan fingerprint density at radius 2 is 2.00 bits per heavy atom. The van der Waals surface area contributed by atoms with Crippen LogP contribution in [0.2, 0.25) is 0 Å². The first-order chi connectivity index (χ1) is 15.6. The maximum Gasteiger partial charge on any atom is 0.341 e. The number of ether oxygens (including phenoxy) is 1. The van der Waals surface area contributed by atoms with Gasteiger partial charge in [-0.2, -0.15) is 0 Å². The number of anilines is 1. The average molecular weight is 475 g/mol. The Labute approximate surface area is 197 Å². The van der Waals surface area contributed by atoms with Gasteiger partial charge in [0.25, 0.3) is 0 Å². The van der Waals surface area contributed by atoms with Gasteiger partial charge in [0.1, 0.15) is 10.8 Å². The number of hydrogen-bond donors (Lipinski definition) is 1. The molecular formula is C23H30N4O3S2. The molecule has 1 N–H and O–H groups in total. The van der Waals surface area contributed by atoms with Gasteiger partial charge >= 0.3 is 5.97 Å². The molecule has 1 amide bonds. The van der Waals surface area contributed by atoms with E-state index in [1.165, 1.54) is 54.3 Å². The Bertz CT molecular complexity index is 992. The number of hydrogen-bond acceptors (Lipinski definition) is 7. The number of fused-ring (bicyclic) bond motifs is 1. The Kier molecular flexibility index (Phi) is 7.67. The van der Waals surface area contributed by atoms with Crippen molar-refractivity contribution in [1.82, 2.24) is 14.8 Å². The summed E-state index contributed by atoms with van der Waals surface area (Å²) in [5.74, 6) is 1.09. The van der Waals surface area contributed by atoms with Crippen molar-refractivity contribution in [1.29, 1.82) is 0 Å². The summed E-state index contributed by atoms with van der Waals surface area (Å²) in [4.78, 5) is 26.4. The lowest BCUT2D eigenvalue weighted by atomic mass is 9.89. The molecule has 0 radical (unpaired) electrons. The highest BCUT2D eigenvalue weighted by atomic mass is 32.2. The van der Waals surface area contributed by atoms with Crippen molar-refractivity contribution in [2.24, 2.45) is 0 Å². The van der Waals surface area contributed by atoms with Crippen molar-refractivity contribution in [3.05, 3.63) is 34.5 Å². The second-order valence-corrected chi connectivity index (χ2v) is 10.4. The van der Waals surface area contributed by atoms with Crippen molar-refractivity contribution in [2.75, 3.05) is 18.2 Å². The highest BCUT2D eigenvalue weighted by Crippen LogP contribution is 2.39. The fourth-order valence-corrected chi connectivity index (χ4v) is 6.68. The number of rotatable bonds is 8. The van der Waals surface area contributed by atoms with Crippen molar-refractivity contribution in [3.8, 4) is 0 Å². The second kappa shape index (κ2) is 10.7. The van der Waals surface area contributed by atoms with Crippen molar-refractivity contribution in [2.45, 2.75) is 75.4 Å². The van der Waals surface area contributed by atoms with E-state index in [1.807, 2.05) is 6.08 Å². The van der Waals surface area contributed by atoms with E-state index in [0.29, 0.717) is 23.0 Å². The maximum absolute atomic E-state index is 12.8. The van der Waals surface area contributed by atoms with Gasteiger partial charge in [-0.1, -0.05) is 37.1 Å². The fourth-order valence-electron chi connectivity index (χ4n) is 4.64. The number of esters is 1. The van der Waals surface area contributed by atoms with Gasteiger partial charge < -0.3 is 14.6 Å². The molecule has 2 heterocycles. The van der Waals surface area contributed by atoms with Gasteiger partial charge in [-0.05, 0) is 44.1 Å². The Balaban J connectivity index is 1.46. The van der Waals surface area contributed by atoms with Crippen LogP contribution in [-0.4, -0.2) is 39.5 Å². The molecule has 172 valence electrons. The monoisotopic (exact) mass is 474 g/mol. The lowest BCUT2D eigenvalue weighted by Gasteiger charge is -2.21. The molecule has 0 saturated heterocycles. The van der Waals surface area contributed by atoms with Crippen molar-refractivity contribution < 1.29 is 14.3 Å². The molecule has 32 heavy (non-hydrogen) atoms. The van der Waals surface area contributed by atoms with E-state index in [1.54, 1.807) is 0 Å². The molecule has 1 fully saturated rings. The summed E-state index contributed by atoms with van der Waals surface area (Å²) in [6.07, 6.45) is 11.8. The fraction of sp³-hybridized carbons (Fsp3) is 0.565. The number of aryl methyl sites for hydroxylation is 1. The molecule has 0 unspecified atom stereocenters. The van der Waals surface area contributed by atoms with Gasteiger partial charge in [0.2, 0.25) is 5.91 Å². The van der Waals surface area contributed by atoms with E-state index in [4.69, 9.17) is 4.74 Å². The van der Waals surface area contributed by atoms with Crippen LogP contribution in [0.3, 0.4) is 0 Å². The summed E-state index contributed by atoms with van der Waals surface area (Å²) < 4.78 is 7.08. The topological polar surface area (TPSA) is 86.1 Å². The Morgan fingerprint density at radius 3 is 2.75 bits per heavy atom. The molecule has 2 aromatic heterocycles. The van der Waals surface area contributed by atoms with Crippen LogP contribution in [0.25, 0.3) is 0 Å². The number of allylic oxidation sites excluding steroid dienone is 1. The first-order valence-corrected chi connectivity index (χ1v) is 13.1. The van der Waals surface area contributed by atoms with Gasteiger partial charge in [-0.3, -0.25) is 4.79 Å². The molecule has 2 aromatic rings. The van der Waals surface area contributed by atoms with E-state index in [-0.39, 0.29) is 17.6 Å². The molecule has 9 heteroatoms. The third-order valence-electron chi connectivity index (χ3n) is 6.17. The third-order valence-corrected chi connectivity index (χ3v) is 8.35. The highest BCUT2D eigenvalue weighted by Gasteiger charge is 2.27. The van der Waals surface area contributed by atoms with Crippen LogP contribution in [0, 0.1) is 0 Å². The summed E-state index contributed by atoms with van der Waals surface area (Å²) >= 11 is 2.87. The van der Waals surface area contributed by atoms with E-state index < -0.39 is 0 Å². The summed E-state index contributed by atoms with van der Waals surface area (Å²) in [6, 6.07) is 0. The number of amides is 1. The number of methoxy groups -OCH3 is 1. The van der Waals surface area contributed by atoms with Gasteiger partial charge in [0.05, 0.1) is 18.4 Å². The number of carbonyl (C=O) groups is 2. The molecule has 2 aliphatic carbocycles. The summed E-state index contributed by atoms with van der Waals surface area (Å²) in [7, 11) is 1.38. The van der Waals surface area contributed by atoms with Crippen molar-refractivity contribution in [3.63, 3.8) is 0 Å². The van der Waals surface area contributed by atoms with Crippen LogP contribution in [0.1, 0.15) is 77.5 Å². The Hall–Kier alpha value is -2.13. The predicted molar refractivity (Wildman–Crippen MR) is 128 cm³/mol. The minimum atomic E-state index is -0.379. The van der Waals surface area contributed by atoms with E-state index >= 15 is 0 Å². The van der Waals surface area contributed by atoms with Gasteiger partial charge in [0.15, 0.2) is 5.16 Å². The lowest BCUT2D eigenvalue weighted by Crippen LogP contribution is -2.17. The molecule has 0 bridgehead atoms. The second-order valence-electron chi connectivity index (χ2n) is 8.32. The average Bonchev–Trinajstić information content (AvgIpc) is 3.39. The normalized spacial score (nSPS) is 16.4. The third kappa shape index (κ3) is 4.93. The molecule has 1 saturated carbocycles. The largest absolute Gasteiger partial charge is 0.465 e. The molecule has 0 aliphatic heterocycles. The smallest absolute Gasteiger partial charge is 0.341 e. The lowest BCUT2D eigenvalue weighted by molar-refractivity contribution is -0.113. The molecule has 0 spiro atoms. The van der Waals surface area contributed by atoms with Gasteiger partial charge in [-0.25, -0.2) is 4.79 Å². The standard InChI is InChI=1S/C23H30N4O3S2/c1-3-13-27-20(15-9-5-4-6-10-15)25-26-23(27)31-14-18(28)24-21-19(22(29)30-2)16-11-7-8-12-17(16)32-21/h3,15H,1,4-14H2,2H3,(H,24,28). The van der Waals surface area contributed by atoms with E-state index in [2.05, 4.69) is 26.7 Å². The van der Waals surface area contributed by atoms with Gasteiger partial charge in [0, 0.05) is 17.3 Å². The molecule has 4 rings (SSSR count). The number of carbonyl (C=O) groups excluding carboxylic acids is 2. The molecule has 7 nitrogen and oxygen atoms in total. The number of thiophene rings is 1. The van der Waals surface area contributed by atoms with Crippen LogP contribution in [0.4, 0.5) is 5.00 Å². The van der Waals surface area contributed by atoms with Crippen LogP contribution in [0.5, 0.6) is 0 Å². The van der Waals surface area contributed by atoms with Crippen LogP contribution in [-0.2, 0) is 28.9 Å². The molecule has 2 aliphatic rings. The molecular weight excluding hydrogens is 444 g/mol. The van der Waals surface area contributed by atoms with Crippen LogP contribution < -0.4 is 5.32 Å². The van der Waals surface area contributed by atoms with Crippen molar-refractivity contribution >= 4 is 40.0 Å². The summed E-state index contributed by atoms with van der Waals surface area (Å²) in [6.45, 7) is 4.50.